The van der Waals surface area contributed by atoms with Crippen LogP contribution in [0.3, 0.4) is 0 Å². The number of piperidine rings is 1. The van der Waals surface area contributed by atoms with Gasteiger partial charge in [0.25, 0.3) is 0 Å². The number of nitrogens with one attached hydrogen (secondary N) is 2. The van der Waals surface area contributed by atoms with Crippen LogP contribution in [0.2, 0.25) is 0 Å². The second kappa shape index (κ2) is 10.7. The molecule has 6 heteroatoms. The average molecular weight is 418 g/mol. The Balaban J connectivity index is 0.00000242. The Hall–Kier alpha value is -1.02. The zero-order valence-electron chi connectivity index (χ0n) is 13.2. The highest BCUT2D eigenvalue weighted by molar-refractivity contribution is 14.0. The first-order valence-electron chi connectivity index (χ1n) is 7.79. The van der Waals surface area contributed by atoms with E-state index in [1.54, 1.807) is 0 Å². The molecule has 0 aliphatic carbocycles. The smallest absolute Gasteiger partial charge is 0.191 e. The molecule has 1 aromatic rings. The Bertz CT molecular complexity index is 441. The fraction of sp³-hybridized carbons (Fsp3) is 0.562. The minimum absolute atomic E-state index is 0. The van der Waals surface area contributed by atoms with Gasteiger partial charge in [0, 0.05) is 31.4 Å². The molecule has 0 saturated carbocycles. The van der Waals surface area contributed by atoms with E-state index in [-0.39, 0.29) is 30.6 Å². The first-order chi connectivity index (χ1) is 10.3. The lowest BCUT2D eigenvalue weighted by Crippen LogP contribution is -2.51. The lowest BCUT2D eigenvalue weighted by atomic mass is 10.1. The highest BCUT2D eigenvalue weighted by Crippen LogP contribution is 2.19. The summed E-state index contributed by atoms with van der Waals surface area (Å²) < 4.78 is 0. The second-order valence-electron chi connectivity index (χ2n) is 5.25. The number of nitrogens with zero attached hydrogens (tertiary/aromatic N) is 2. The van der Waals surface area contributed by atoms with Crippen LogP contribution in [-0.2, 0) is 0 Å². The van der Waals surface area contributed by atoms with Crippen molar-refractivity contribution in [1.82, 2.24) is 10.6 Å². The minimum Gasteiger partial charge on any atom is -0.394 e. The first-order valence-corrected chi connectivity index (χ1v) is 7.79. The summed E-state index contributed by atoms with van der Waals surface area (Å²) in [5.74, 6) is 0.798. The van der Waals surface area contributed by atoms with E-state index in [9.17, 15) is 0 Å². The molecule has 3 N–H and O–H groups in total. The van der Waals surface area contributed by atoms with Crippen molar-refractivity contribution < 1.29 is 5.11 Å². The molecule has 0 spiro atoms. The van der Waals surface area contributed by atoms with Crippen molar-refractivity contribution >= 4 is 35.6 Å². The molecule has 1 aliphatic rings. The van der Waals surface area contributed by atoms with E-state index >= 15 is 0 Å². The van der Waals surface area contributed by atoms with Gasteiger partial charge in [0.05, 0.1) is 13.2 Å². The molecule has 0 amide bonds. The molecule has 1 fully saturated rings. The van der Waals surface area contributed by atoms with Crippen LogP contribution in [0.1, 0.15) is 19.8 Å². The predicted octanol–water partition coefficient (Wildman–Crippen LogP) is 1.82. The highest BCUT2D eigenvalue weighted by atomic mass is 127. The van der Waals surface area contributed by atoms with E-state index in [0.29, 0.717) is 12.6 Å². The Labute approximate surface area is 150 Å². The van der Waals surface area contributed by atoms with Crippen LogP contribution in [0, 0.1) is 0 Å². The van der Waals surface area contributed by atoms with Gasteiger partial charge in [-0.1, -0.05) is 18.2 Å². The number of rotatable bonds is 5. The van der Waals surface area contributed by atoms with Crippen LogP contribution in [-0.4, -0.2) is 49.9 Å². The van der Waals surface area contributed by atoms with Crippen molar-refractivity contribution in [2.45, 2.75) is 25.8 Å². The van der Waals surface area contributed by atoms with E-state index in [1.165, 1.54) is 12.1 Å². The molecule has 2 rings (SSSR count). The molecule has 1 unspecified atom stereocenters. The molecule has 0 radical (unpaired) electrons. The van der Waals surface area contributed by atoms with Crippen molar-refractivity contribution in [3.63, 3.8) is 0 Å². The third kappa shape index (κ3) is 6.00. The van der Waals surface area contributed by atoms with Crippen molar-refractivity contribution in [1.29, 1.82) is 0 Å². The largest absolute Gasteiger partial charge is 0.394 e. The SMILES string of the molecule is CCNC(=NCCO)NC1CCCN(c2ccccc2)C1.I. The number of aliphatic imine (C=N–C) groups is 1. The molecule has 1 saturated heterocycles. The quantitative estimate of drug-likeness (QED) is 0.388. The van der Waals surface area contributed by atoms with Crippen LogP contribution in [0.25, 0.3) is 0 Å². The van der Waals surface area contributed by atoms with Gasteiger partial charge < -0.3 is 20.6 Å². The number of benzene rings is 1. The summed E-state index contributed by atoms with van der Waals surface area (Å²) in [5, 5.41) is 15.6. The number of hydrogen-bond acceptors (Lipinski definition) is 3. The van der Waals surface area contributed by atoms with E-state index in [4.69, 9.17) is 5.11 Å². The lowest BCUT2D eigenvalue weighted by molar-refractivity contribution is 0.306. The van der Waals surface area contributed by atoms with Crippen LogP contribution >= 0.6 is 24.0 Å². The van der Waals surface area contributed by atoms with Gasteiger partial charge in [-0.3, -0.25) is 4.99 Å². The topological polar surface area (TPSA) is 59.9 Å². The summed E-state index contributed by atoms with van der Waals surface area (Å²) in [6, 6.07) is 10.9. The molecule has 0 aromatic heterocycles. The van der Waals surface area contributed by atoms with Gasteiger partial charge in [0.2, 0.25) is 0 Å². The van der Waals surface area contributed by atoms with Crippen LogP contribution < -0.4 is 15.5 Å². The van der Waals surface area contributed by atoms with Crippen molar-refractivity contribution in [3.05, 3.63) is 30.3 Å². The zero-order valence-corrected chi connectivity index (χ0v) is 15.5. The Morgan fingerprint density at radius 2 is 2.14 bits per heavy atom. The lowest BCUT2D eigenvalue weighted by Gasteiger charge is -2.35. The summed E-state index contributed by atoms with van der Waals surface area (Å²) in [6.45, 7) is 5.47. The highest BCUT2D eigenvalue weighted by Gasteiger charge is 2.20. The third-order valence-corrected chi connectivity index (χ3v) is 3.60. The molecule has 124 valence electrons. The van der Waals surface area contributed by atoms with Gasteiger partial charge >= 0.3 is 0 Å². The molecule has 1 atom stereocenters. The minimum atomic E-state index is 0. The average Bonchev–Trinajstić information content (AvgIpc) is 2.54. The second-order valence-corrected chi connectivity index (χ2v) is 5.25. The molecular weight excluding hydrogens is 391 g/mol. The number of halogens is 1. The monoisotopic (exact) mass is 418 g/mol. The fourth-order valence-electron chi connectivity index (χ4n) is 2.64. The number of anilines is 1. The van der Waals surface area contributed by atoms with Crippen molar-refractivity contribution in [2.75, 3.05) is 37.7 Å². The zero-order chi connectivity index (χ0) is 14.9. The number of hydrogen-bond donors (Lipinski definition) is 3. The Morgan fingerprint density at radius 3 is 2.82 bits per heavy atom. The number of aliphatic hydroxyl groups excluding tert-OH is 1. The van der Waals surface area contributed by atoms with E-state index in [2.05, 4.69) is 44.8 Å². The van der Waals surface area contributed by atoms with E-state index < -0.39 is 0 Å². The van der Waals surface area contributed by atoms with Crippen molar-refractivity contribution in [3.8, 4) is 0 Å². The normalized spacial score (nSPS) is 18.5. The number of para-hydroxylation sites is 1. The first kappa shape index (κ1) is 19.0. The fourth-order valence-corrected chi connectivity index (χ4v) is 2.64. The van der Waals surface area contributed by atoms with Gasteiger partial charge in [0.15, 0.2) is 5.96 Å². The molecule has 22 heavy (non-hydrogen) atoms. The third-order valence-electron chi connectivity index (χ3n) is 3.60. The molecule has 0 bridgehead atoms. The summed E-state index contributed by atoms with van der Waals surface area (Å²) in [4.78, 5) is 6.76. The Kier molecular flexibility index (Phi) is 9.22. The Morgan fingerprint density at radius 1 is 1.36 bits per heavy atom. The van der Waals surface area contributed by atoms with E-state index in [0.717, 1.165) is 32.0 Å². The van der Waals surface area contributed by atoms with Gasteiger partial charge in [-0.2, -0.15) is 0 Å². The maximum atomic E-state index is 8.91. The van der Waals surface area contributed by atoms with Gasteiger partial charge in [-0.15, -0.1) is 24.0 Å². The summed E-state index contributed by atoms with van der Waals surface area (Å²) in [5.41, 5.74) is 1.28. The van der Waals surface area contributed by atoms with Crippen LogP contribution in [0.15, 0.2) is 35.3 Å². The van der Waals surface area contributed by atoms with Crippen molar-refractivity contribution in [2.24, 2.45) is 4.99 Å². The van der Waals surface area contributed by atoms with Crippen LogP contribution in [0.4, 0.5) is 5.69 Å². The van der Waals surface area contributed by atoms with Crippen LogP contribution in [0.5, 0.6) is 0 Å². The molecule has 5 nitrogen and oxygen atoms in total. The maximum absolute atomic E-state index is 8.91. The van der Waals surface area contributed by atoms with Gasteiger partial charge in [-0.05, 0) is 31.9 Å². The summed E-state index contributed by atoms with van der Waals surface area (Å²) >= 11 is 0. The van der Waals surface area contributed by atoms with Gasteiger partial charge in [-0.25, -0.2) is 0 Å². The molecule has 1 aromatic carbocycles. The summed E-state index contributed by atoms with van der Waals surface area (Å²) in [6.07, 6.45) is 2.32. The van der Waals surface area contributed by atoms with Gasteiger partial charge in [0.1, 0.15) is 0 Å². The predicted molar refractivity (Wildman–Crippen MR) is 103 cm³/mol. The standard InChI is InChI=1S/C16H26N4O.HI/c1-2-17-16(18-10-12-21)19-14-7-6-11-20(13-14)15-8-4-3-5-9-15;/h3-5,8-9,14,21H,2,6-7,10-13H2,1H3,(H2,17,18,19);1H. The van der Waals surface area contributed by atoms with E-state index in [1.807, 2.05) is 13.0 Å². The maximum Gasteiger partial charge on any atom is 0.191 e. The molecule has 1 heterocycles. The summed E-state index contributed by atoms with van der Waals surface area (Å²) in [7, 11) is 0. The number of guanidine groups is 1. The molecular formula is C16H27IN4O. The molecule has 1 aliphatic heterocycles. The number of aliphatic hydroxyl groups is 1.